The third-order valence-corrected chi connectivity index (χ3v) is 5.38. The zero-order valence-corrected chi connectivity index (χ0v) is 17.5. The summed E-state index contributed by atoms with van der Waals surface area (Å²) in [5.74, 6) is -0.502. The van der Waals surface area contributed by atoms with Gasteiger partial charge >= 0.3 is 5.97 Å². The highest BCUT2D eigenvalue weighted by Crippen LogP contribution is 2.35. The maximum Gasteiger partial charge on any atom is 0.312 e. The van der Waals surface area contributed by atoms with Crippen LogP contribution >= 0.6 is 0 Å². The number of ether oxygens (including phenoxy) is 2. The summed E-state index contributed by atoms with van der Waals surface area (Å²) in [7, 11) is 1.57. The van der Waals surface area contributed by atoms with E-state index in [1.807, 2.05) is 73.7 Å². The van der Waals surface area contributed by atoms with Gasteiger partial charge in [-0.2, -0.15) is 0 Å². The van der Waals surface area contributed by atoms with Crippen molar-refractivity contribution in [3.05, 3.63) is 89.7 Å². The van der Waals surface area contributed by atoms with E-state index in [1.54, 1.807) is 18.2 Å². The number of benzene rings is 2. The van der Waals surface area contributed by atoms with Crippen LogP contribution in [0.4, 0.5) is 5.69 Å². The Kier molecular flexibility index (Phi) is 5.98. The van der Waals surface area contributed by atoms with Crippen LogP contribution < -0.4 is 9.64 Å². The van der Waals surface area contributed by atoms with Crippen molar-refractivity contribution in [2.24, 2.45) is 5.92 Å². The Balaban J connectivity index is 1.55. The molecule has 4 rings (SSSR count). The molecule has 0 spiro atoms. The van der Waals surface area contributed by atoms with E-state index in [0.29, 0.717) is 17.1 Å². The van der Waals surface area contributed by atoms with Crippen molar-refractivity contribution in [2.75, 3.05) is 18.6 Å². The highest BCUT2D eigenvalue weighted by molar-refractivity contribution is 6.00. The van der Waals surface area contributed by atoms with Gasteiger partial charge in [0, 0.05) is 19.2 Å². The summed E-state index contributed by atoms with van der Waals surface area (Å²) in [5, 5.41) is 0. The van der Waals surface area contributed by atoms with Crippen LogP contribution in [0.25, 0.3) is 0 Å². The number of nitrogens with zero attached hydrogens (tertiary/aromatic N) is 2. The molecule has 0 bridgehead atoms. The molecule has 0 radical (unpaired) electrons. The summed E-state index contributed by atoms with van der Waals surface area (Å²) >= 11 is 0. The highest BCUT2D eigenvalue weighted by Gasteiger charge is 2.38. The van der Waals surface area contributed by atoms with Gasteiger partial charge in [-0.25, -0.2) is 0 Å². The van der Waals surface area contributed by atoms with Gasteiger partial charge in [0.25, 0.3) is 0 Å². The third kappa shape index (κ3) is 4.43. The SMILES string of the molecule is COc1ccc(C)cc1N1CC(C(=O)OC(c2ccccc2)c2ccccn2)CC1=O. The number of methoxy groups -OCH3 is 1. The van der Waals surface area contributed by atoms with Gasteiger partial charge in [0.15, 0.2) is 6.10 Å². The standard InChI is InChI=1S/C25H24N2O4/c1-17-11-12-22(30-2)21(14-17)27-16-19(15-23(27)28)25(29)31-24(18-8-4-3-5-9-18)20-10-6-7-13-26-20/h3-14,19,24H,15-16H2,1-2H3. The van der Waals surface area contributed by atoms with Gasteiger partial charge in [-0.15, -0.1) is 0 Å². The number of rotatable bonds is 6. The molecule has 158 valence electrons. The maximum absolute atomic E-state index is 13.1. The molecule has 1 aliphatic heterocycles. The molecule has 0 saturated carbocycles. The van der Waals surface area contributed by atoms with E-state index in [1.165, 1.54) is 0 Å². The predicted octanol–water partition coefficient (Wildman–Crippen LogP) is 4.08. The fraction of sp³-hybridized carbons (Fsp3) is 0.240. The minimum absolute atomic E-state index is 0.0969. The lowest BCUT2D eigenvalue weighted by molar-refractivity contribution is -0.152. The van der Waals surface area contributed by atoms with Crippen LogP contribution in [0.5, 0.6) is 5.75 Å². The topological polar surface area (TPSA) is 68.7 Å². The first-order valence-corrected chi connectivity index (χ1v) is 10.2. The molecule has 0 N–H and O–H groups in total. The van der Waals surface area contributed by atoms with Crippen molar-refractivity contribution < 1.29 is 19.1 Å². The average Bonchev–Trinajstić information content (AvgIpc) is 3.20. The van der Waals surface area contributed by atoms with Crippen LogP contribution in [0.2, 0.25) is 0 Å². The van der Waals surface area contributed by atoms with Gasteiger partial charge in [-0.3, -0.25) is 14.6 Å². The first kappa shape index (κ1) is 20.6. The Morgan fingerprint density at radius 3 is 2.58 bits per heavy atom. The maximum atomic E-state index is 13.1. The van der Waals surface area contributed by atoms with Crippen LogP contribution in [0.15, 0.2) is 72.9 Å². The van der Waals surface area contributed by atoms with Crippen LogP contribution in [-0.2, 0) is 14.3 Å². The lowest BCUT2D eigenvalue weighted by Gasteiger charge is -2.21. The number of esters is 1. The molecule has 6 nitrogen and oxygen atoms in total. The molecule has 31 heavy (non-hydrogen) atoms. The molecule has 2 aromatic carbocycles. The smallest absolute Gasteiger partial charge is 0.312 e. The number of anilines is 1. The van der Waals surface area contributed by atoms with Crippen molar-refractivity contribution in [3.8, 4) is 5.75 Å². The molecule has 2 unspecified atom stereocenters. The number of aryl methyl sites for hydroxylation is 1. The van der Waals surface area contributed by atoms with E-state index < -0.39 is 18.0 Å². The molecule has 1 aliphatic rings. The first-order valence-electron chi connectivity index (χ1n) is 10.2. The van der Waals surface area contributed by atoms with E-state index in [0.717, 1.165) is 11.1 Å². The summed E-state index contributed by atoms with van der Waals surface area (Å²) in [6, 6.07) is 20.6. The van der Waals surface area contributed by atoms with E-state index >= 15 is 0 Å². The number of carbonyl (C=O) groups excluding carboxylic acids is 2. The molecule has 3 aromatic rings. The largest absolute Gasteiger partial charge is 0.495 e. The second-order valence-corrected chi connectivity index (χ2v) is 7.56. The molecule has 2 heterocycles. The number of hydrogen-bond acceptors (Lipinski definition) is 5. The second kappa shape index (κ2) is 9.00. The second-order valence-electron chi connectivity index (χ2n) is 7.56. The normalized spacial score (nSPS) is 16.8. The molecular formula is C25H24N2O4. The zero-order valence-electron chi connectivity index (χ0n) is 17.5. The van der Waals surface area contributed by atoms with Crippen molar-refractivity contribution in [1.82, 2.24) is 4.98 Å². The summed E-state index contributed by atoms with van der Waals surface area (Å²) in [6.07, 6.45) is 1.14. The van der Waals surface area contributed by atoms with Crippen LogP contribution in [0, 0.1) is 12.8 Å². The molecule has 2 atom stereocenters. The fourth-order valence-electron chi connectivity index (χ4n) is 3.78. The zero-order chi connectivity index (χ0) is 21.8. The summed E-state index contributed by atoms with van der Waals surface area (Å²) < 4.78 is 11.3. The summed E-state index contributed by atoms with van der Waals surface area (Å²) in [6.45, 7) is 2.20. The van der Waals surface area contributed by atoms with Crippen molar-refractivity contribution in [1.29, 1.82) is 0 Å². The molecule has 1 aromatic heterocycles. The first-order chi connectivity index (χ1) is 15.1. The minimum Gasteiger partial charge on any atom is -0.495 e. The Bertz CT molecular complexity index is 1030. The number of pyridine rings is 1. The predicted molar refractivity (Wildman–Crippen MR) is 117 cm³/mol. The molecule has 1 fully saturated rings. The highest BCUT2D eigenvalue weighted by atomic mass is 16.5. The summed E-state index contributed by atoms with van der Waals surface area (Å²) in [5.41, 5.74) is 3.15. The van der Waals surface area contributed by atoms with Gasteiger partial charge in [0.2, 0.25) is 5.91 Å². The number of hydrogen-bond donors (Lipinski definition) is 0. The van der Waals surface area contributed by atoms with E-state index in [4.69, 9.17) is 9.47 Å². The fourth-order valence-corrected chi connectivity index (χ4v) is 3.78. The lowest BCUT2D eigenvalue weighted by Crippen LogP contribution is -2.27. The van der Waals surface area contributed by atoms with Gasteiger partial charge in [-0.1, -0.05) is 42.5 Å². The van der Waals surface area contributed by atoms with Gasteiger partial charge in [-0.05, 0) is 42.3 Å². The lowest BCUT2D eigenvalue weighted by atomic mass is 10.0. The molecule has 1 amide bonds. The van der Waals surface area contributed by atoms with E-state index in [-0.39, 0.29) is 18.9 Å². The van der Waals surface area contributed by atoms with E-state index in [9.17, 15) is 9.59 Å². The number of aromatic nitrogens is 1. The van der Waals surface area contributed by atoms with Crippen LogP contribution in [-0.4, -0.2) is 30.5 Å². The molecule has 6 heteroatoms. The number of carbonyl (C=O) groups is 2. The molecular weight excluding hydrogens is 392 g/mol. The van der Waals surface area contributed by atoms with E-state index in [2.05, 4.69) is 4.98 Å². The van der Waals surface area contributed by atoms with Gasteiger partial charge in [0.05, 0.1) is 24.4 Å². The Labute approximate surface area is 181 Å². The Hall–Kier alpha value is -3.67. The third-order valence-electron chi connectivity index (χ3n) is 5.38. The van der Waals surface area contributed by atoms with Crippen LogP contribution in [0.1, 0.15) is 29.3 Å². The molecule has 0 aliphatic carbocycles. The quantitative estimate of drug-likeness (QED) is 0.566. The minimum atomic E-state index is -0.632. The van der Waals surface area contributed by atoms with Crippen molar-refractivity contribution in [2.45, 2.75) is 19.4 Å². The van der Waals surface area contributed by atoms with Crippen molar-refractivity contribution in [3.63, 3.8) is 0 Å². The molecule has 1 saturated heterocycles. The van der Waals surface area contributed by atoms with Gasteiger partial charge in [0.1, 0.15) is 5.75 Å². The monoisotopic (exact) mass is 416 g/mol. The Morgan fingerprint density at radius 1 is 1.10 bits per heavy atom. The number of amides is 1. The van der Waals surface area contributed by atoms with Crippen LogP contribution in [0.3, 0.4) is 0 Å². The average molecular weight is 416 g/mol. The van der Waals surface area contributed by atoms with Gasteiger partial charge < -0.3 is 14.4 Å². The van der Waals surface area contributed by atoms with Crippen molar-refractivity contribution >= 4 is 17.6 Å². The summed E-state index contributed by atoms with van der Waals surface area (Å²) in [4.78, 5) is 31.8. The Morgan fingerprint density at radius 2 is 1.87 bits per heavy atom.